The molecule has 1 fully saturated rings. The summed E-state index contributed by atoms with van der Waals surface area (Å²) in [7, 11) is 0. The first-order valence-corrected chi connectivity index (χ1v) is 6.31. The molecule has 1 aromatic heterocycles. The van der Waals surface area contributed by atoms with Crippen LogP contribution in [-0.2, 0) is 4.74 Å². The molecule has 0 spiro atoms. The monoisotopic (exact) mass is 249 g/mol. The summed E-state index contributed by atoms with van der Waals surface area (Å²) >= 11 is 1.61. The summed E-state index contributed by atoms with van der Waals surface area (Å²) in [6.07, 6.45) is 5.44. The van der Waals surface area contributed by atoms with E-state index in [-0.39, 0.29) is 13.2 Å². The minimum absolute atomic E-state index is 0.146. The van der Waals surface area contributed by atoms with E-state index in [0.717, 1.165) is 11.4 Å². The maximum absolute atomic E-state index is 14.2. The number of rotatable bonds is 2. The number of thiophene rings is 1. The number of anilines is 1. The van der Waals surface area contributed by atoms with Crippen LogP contribution < -0.4 is 4.90 Å². The van der Waals surface area contributed by atoms with Gasteiger partial charge in [0.15, 0.2) is 5.67 Å². The Bertz CT molecular complexity index is 499. The molecule has 17 heavy (non-hydrogen) atoms. The fourth-order valence-corrected chi connectivity index (χ4v) is 2.51. The lowest BCUT2D eigenvalue weighted by Gasteiger charge is -2.37. The van der Waals surface area contributed by atoms with Crippen molar-refractivity contribution in [3.05, 3.63) is 53.0 Å². The van der Waals surface area contributed by atoms with E-state index in [9.17, 15) is 4.39 Å². The lowest BCUT2D eigenvalue weighted by Crippen LogP contribution is -2.47. The summed E-state index contributed by atoms with van der Waals surface area (Å²) in [5, 5.41) is 4.01. The van der Waals surface area contributed by atoms with Crippen LogP contribution in [0.5, 0.6) is 0 Å². The SMILES string of the molecule is C=C1C=CC(C2(F)COC2)=CN1c1ccsc1. The van der Waals surface area contributed by atoms with Gasteiger partial charge in [-0.3, -0.25) is 0 Å². The zero-order chi connectivity index (χ0) is 11.9. The molecule has 4 heteroatoms. The molecule has 0 bridgehead atoms. The Morgan fingerprint density at radius 1 is 1.41 bits per heavy atom. The Balaban J connectivity index is 1.94. The minimum Gasteiger partial charge on any atom is -0.374 e. The predicted molar refractivity (Wildman–Crippen MR) is 67.8 cm³/mol. The highest BCUT2D eigenvalue weighted by Gasteiger charge is 2.42. The standard InChI is InChI=1S/C13H12FNOS/c1-10-2-3-11(13(14)8-16-9-13)6-15(10)12-4-5-17-7-12/h2-7H,1,8-9H2. The molecule has 2 aliphatic rings. The van der Waals surface area contributed by atoms with E-state index in [4.69, 9.17) is 4.74 Å². The zero-order valence-corrected chi connectivity index (χ0v) is 10.0. The maximum atomic E-state index is 14.2. The highest BCUT2D eigenvalue weighted by atomic mass is 32.1. The van der Waals surface area contributed by atoms with Crippen molar-refractivity contribution >= 4 is 17.0 Å². The number of halogens is 1. The Kier molecular flexibility index (Phi) is 2.42. The summed E-state index contributed by atoms with van der Waals surface area (Å²) in [6.45, 7) is 4.25. The lowest BCUT2D eigenvalue weighted by molar-refractivity contribution is -0.104. The van der Waals surface area contributed by atoms with Gasteiger partial charge in [-0.1, -0.05) is 12.7 Å². The molecule has 0 aromatic carbocycles. The summed E-state index contributed by atoms with van der Waals surface area (Å²) < 4.78 is 19.2. The number of hydrogen-bond acceptors (Lipinski definition) is 3. The van der Waals surface area contributed by atoms with E-state index >= 15 is 0 Å². The third-order valence-electron chi connectivity index (χ3n) is 3.00. The summed E-state index contributed by atoms with van der Waals surface area (Å²) in [6, 6.07) is 1.99. The van der Waals surface area contributed by atoms with E-state index < -0.39 is 5.67 Å². The molecule has 0 N–H and O–H groups in total. The fraction of sp³-hybridized carbons (Fsp3) is 0.231. The average molecular weight is 249 g/mol. The van der Waals surface area contributed by atoms with Crippen LogP contribution in [0.1, 0.15) is 0 Å². The minimum atomic E-state index is -1.33. The largest absolute Gasteiger partial charge is 0.374 e. The van der Waals surface area contributed by atoms with Gasteiger partial charge in [0.2, 0.25) is 0 Å². The van der Waals surface area contributed by atoms with Crippen LogP contribution >= 0.6 is 11.3 Å². The third kappa shape index (κ3) is 1.73. The van der Waals surface area contributed by atoms with Crippen molar-refractivity contribution in [2.45, 2.75) is 5.67 Å². The maximum Gasteiger partial charge on any atom is 0.183 e. The molecule has 0 radical (unpaired) electrons. The average Bonchev–Trinajstić information content (AvgIpc) is 2.80. The van der Waals surface area contributed by atoms with Crippen LogP contribution in [0.4, 0.5) is 10.1 Å². The zero-order valence-electron chi connectivity index (χ0n) is 9.23. The van der Waals surface area contributed by atoms with Gasteiger partial charge in [0, 0.05) is 22.9 Å². The molecule has 0 saturated carbocycles. The van der Waals surface area contributed by atoms with Gasteiger partial charge in [-0.25, -0.2) is 4.39 Å². The highest BCUT2D eigenvalue weighted by molar-refractivity contribution is 7.08. The van der Waals surface area contributed by atoms with Gasteiger partial charge in [-0.15, -0.1) is 0 Å². The molecule has 3 rings (SSSR count). The number of ether oxygens (including phenoxy) is 1. The van der Waals surface area contributed by atoms with Gasteiger partial charge in [0.1, 0.15) is 0 Å². The van der Waals surface area contributed by atoms with E-state index in [1.165, 1.54) is 0 Å². The molecule has 0 amide bonds. The summed E-state index contributed by atoms with van der Waals surface area (Å²) in [5.74, 6) is 0. The lowest BCUT2D eigenvalue weighted by atomic mass is 9.92. The van der Waals surface area contributed by atoms with Crippen molar-refractivity contribution in [2.24, 2.45) is 0 Å². The second-order valence-corrected chi connectivity index (χ2v) is 5.00. The normalized spacial score (nSPS) is 22.3. The second-order valence-electron chi connectivity index (χ2n) is 4.22. The van der Waals surface area contributed by atoms with Crippen molar-refractivity contribution in [2.75, 3.05) is 18.1 Å². The number of allylic oxidation sites excluding steroid dienone is 2. The van der Waals surface area contributed by atoms with Crippen molar-refractivity contribution in [1.82, 2.24) is 0 Å². The Morgan fingerprint density at radius 2 is 2.24 bits per heavy atom. The fourth-order valence-electron chi connectivity index (χ4n) is 1.88. The van der Waals surface area contributed by atoms with Gasteiger partial charge >= 0.3 is 0 Å². The first kappa shape index (κ1) is 10.7. The Hall–Kier alpha value is -1.39. The van der Waals surface area contributed by atoms with E-state index in [1.807, 2.05) is 34.0 Å². The summed E-state index contributed by atoms with van der Waals surface area (Å²) in [5.41, 5.74) is 1.19. The van der Waals surface area contributed by atoms with Gasteiger partial charge in [-0.2, -0.15) is 11.3 Å². The molecule has 1 aromatic rings. The smallest absolute Gasteiger partial charge is 0.183 e. The Labute approximate surface area is 103 Å². The van der Waals surface area contributed by atoms with Crippen molar-refractivity contribution in [3.63, 3.8) is 0 Å². The molecule has 0 unspecified atom stereocenters. The number of hydrogen-bond donors (Lipinski definition) is 0. The number of alkyl halides is 1. The quantitative estimate of drug-likeness (QED) is 0.797. The first-order valence-electron chi connectivity index (χ1n) is 5.36. The van der Waals surface area contributed by atoms with Crippen LogP contribution in [0.25, 0.3) is 0 Å². The van der Waals surface area contributed by atoms with Crippen LogP contribution in [0.15, 0.2) is 53.0 Å². The molecular formula is C13H12FNOS. The van der Waals surface area contributed by atoms with Crippen LogP contribution in [0.2, 0.25) is 0 Å². The molecule has 88 valence electrons. The van der Waals surface area contributed by atoms with Gasteiger partial charge in [-0.05, 0) is 17.5 Å². The third-order valence-corrected chi connectivity index (χ3v) is 3.67. The van der Waals surface area contributed by atoms with E-state index in [1.54, 1.807) is 17.4 Å². The molecule has 0 aliphatic carbocycles. The topological polar surface area (TPSA) is 12.5 Å². The Morgan fingerprint density at radius 3 is 2.82 bits per heavy atom. The van der Waals surface area contributed by atoms with Gasteiger partial charge < -0.3 is 9.64 Å². The molecule has 2 aliphatic heterocycles. The highest BCUT2D eigenvalue weighted by Crippen LogP contribution is 2.36. The van der Waals surface area contributed by atoms with Crippen molar-refractivity contribution in [3.8, 4) is 0 Å². The molecule has 2 nitrogen and oxygen atoms in total. The first-order chi connectivity index (χ1) is 8.19. The molecule has 3 heterocycles. The van der Waals surface area contributed by atoms with E-state index in [2.05, 4.69) is 6.58 Å². The molecular weight excluding hydrogens is 237 g/mol. The number of nitrogens with zero attached hydrogens (tertiary/aromatic N) is 1. The van der Waals surface area contributed by atoms with Crippen molar-refractivity contribution < 1.29 is 9.13 Å². The van der Waals surface area contributed by atoms with Crippen LogP contribution in [0.3, 0.4) is 0 Å². The predicted octanol–water partition coefficient (Wildman–Crippen LogP) is 3.26. The van der Waals surface area contributed by atoms with Crippen molar-refractivity contribution in [1.29, 1.82) is 0 Å². The second kappa shape index (κ2) is 3.82. The van der Waals surface area contributed by atoms with Gasteiger partial charge in [0.25, 0.3) is 0 Å². The molecule has 1 saturated heterocycles. The van der Waals surface area contributed by atoms with Crippen LogP contribution in [0, 0.1) is 0 Å². The molecule has 0 atom stereocenters. The van der Waals surface area contributed by atoms with E-state index in [0.29, 0.717) is 5.57 Å². The van der Waals surface area contributed by atoms with Crippen LogP contribution in [-0.4, -0.2) is 18.9 Å². The van der Waals surface area contributed by atoms with Gasteiger partial charge in [0.05, 0.1) is 18.9 Å². The summed E-state index contributed by atoms with van der Waals surface area (Å²) in [4.78, 5) is 1.91.